The number of ether oxygens (including phenoxy) is 1. The Morgan fingerprint density at radius 1 is 1.18 bits per heavy atom. The molecule has 2 rings (SSSR count). The molecule has 0 saturated heterocycles. The Hall–Kier alpha value is -3.18. The smallest absolute Gasteiger partial charge is 0.416 e. The second-order valence-corrected chi connectivity index (χ2v) is 9.12. The Kier molecular flexibility index (Phi) is 8.77. The summed E-state index contributed by atoms with van der Waals surface area (Å²) in [7, 11) is 0. The van der Waals surface area contributed by atoms with Gasteiger partial charge in [0.1, 0.15) is 10.8 Å². The highest BCUT2D eigenvalue weighted by molar-refractivity contribution is 7.09. The summed E-state index contributed by atoms with van der Waals surface area (Å²) in [5.41, 5.74) is -1.65. The number of nitriles is 2. The van der Waals surface area contributed by atoms with E-state index in [0.29, 0.717) is 24.4 Å². The summed E-state index contributed by atoms with van der Waals surface area (Å²) in [5, 5.41) is 22.6. The molecule has 0 spiro atoms. The zero-order chi connectivity index (χ0) is 24.6. The summed E-state index contributed by atoms with van der Waals surface area (Å²) < 4.78 is 46.8. The van der Waals surface area contributed by atoms with E-state index in [1.165, 1.54) is 16.0 Å². The van der Waals surface area contributed by atoms with Crippen molar-refractivity contribution in [3.63, 3.8) is 0 Å². The number of carbonyl (C=O) groups is 1. The number of hydrogen-bond acceptors (Lipinski definition) is 6. The van der Waals surface area contributed by atoms with Crippen molar-refractivity contribution < 1.29 is 22.7 Å². The normalized spacial score (nSPS) is 12.3. The maximum Gasteiger partial charge on any atom is 0.416 e. The molecule has 176 valence electrons. The molecule has 7 nitrogen and oxygen atoms in total. The van der Waals surface area contributed by atoms with Crippen LogP contribution >= 0.6 is 11.3 Å². The third-order valence-electron chi connectivity index (χ3n) is 4.35. The largest absolute Gasteiger partial charge is 0.493 e. The number of alkyl halides is 3. The Balaban J connectivity index is 2.51. The van der Waals surface area contributed by atoms with E-state index in [-0.39, 0.29) is 41.0 Å². The molecule has 2 aromatic rings. The van der Waals surface area contributed by atoms with Gasteiger partial charge in [-0.3, -0.25) is 4.79 Å². The molecular weight excluding hydrogens is 455 g/mol. The molecule has 0 aliphatic carbocycles. The van der Waals surface area contributed by atoms with Gasteiger partial charge in [-0.05, 0) is 31.0 Å². The maximum absolute atomic E-state index is 13.3. The van der Waals surface area contributed by atoms with Crippen LogP contribution in [0, 0.1) is 22.7 Å². The summed E-state index contributed by atoms with van der Waals surface area (Å²) in [4.78, 5) is 17.3. The number of amides is 1. The molecule has 0 fully saturated rings. The molecule has 11 heteroatoms. The monoisotopic (exact) mass is 479 g/mol. The topological polar surface area (TPSA) is 104 Å². The Labute approximate surface area is 193 Å². The molecule has 1 aromatic heterocycles. The number of carbonyl (C=O) groups excluding carboxylic acids is 1. The van der Waals surface area contributed by atoms with Crippen LogP contribution in [0.15, 0.2) is 23.2 Å². The molecule has 0 radical (unpaired) electrons. The van der Waals surface area contributed by atoms with E-state index < -0.39 is 17.6 Å². The number of hydrogen-bond donors (Lipinski definition) is 0. The Morgan fingerprint density at radius 2 is 1.85 bits per heavy atom. The third-order valence-corrected chi connectivity index (χ3v) is 5.72. The van der Waals surface area contributed by atoms with Gasteiger partial charge in [-0.25, -0.2) is 4.68 Å². The molecule has 0 atom stereocenters. The van der Waals surface area contributed by atoms with Crippen LogP contribution in [-0.4, -0.2) is 22.3 Å². The van der Waals surface area contributed by atoms with Crippen molar-refractivity contribution in [3.05, 3.63) is 39.1 Å². The summed E-state index contributed by atoms with van der Waals surface area (Å²) in [6, 6.07) is 6.64. The van der Waals surface area contributed by atoms with Gasteiger partial charge in [0, 0.05) is 24.8 Å². The third kappa shape index (κ3) is 7.43. The minimum absolute atomic E-state index is 0.0359. The molecular formula is C22H24F3N5O2S. The lowest BCUT2D eigenvalue weighted by molar-refractivity contribution is -0.137. The van der Waals surface area contributed by atoms with Crippen molar-refractivity contribution in [1.29, 1.82) is 10.5 Å². The first-order valence-corrected chi connectivity index (χ1v) is 11.0. The van der Waals surface area contributed by atoms with Gasteiger partial charge in [0.2, 0.25) is 4.80 Å². The van der Waals surface area contributed by atoms with Crippen LogP contribution in [0.25, 0.3) is 0 Å². The maximum atomic E-state index is 13.3. The Bertz CT molecular complexity index is 1130. The van der Waals surface area contributed by atoms with Crippen LogP contribution in [0.3, 0.4) is 0 Å². The molecule has 0 N–H and O–H groups in total. The summed E-state index contributed by atoms with van der Waals surface area (Å²) in [6.07, 6.45) is -3.28. The van der Waals surface area contributed by atoms with E-state index in [1.54, 1.807) is 0 Å². The van der Waals surface area contributed by atoms with Gasteiger partial charge in [0.05, 0.1) is 29.9 Å². The number of aryl methyl sites for hydroxylation is 1. The summed E-state index contributed by atoms with van der Waals surface area (Å²) in [5.74, 6) is -0.930. The predicted molar refractivity (Wildman–Crippen MR) is 115 cm³/mol. The van der Waals surface area contributed by atoms with Crippen LogP contribution in [0.5, 0.6) is 5.75 Å². The molecule has 1 amide bonds. The molecule has 33 heavy (non-hydrogen) atoms. The highest BCUT2D eigenvalue weighted by atomic mass is 32.1. The van der Waals surface area contributed by atoms with Crippen molar-refractivity contribution >= 4 is 17.2 Å². The fourth-order valence-corrected chi connectivity index (χ4v) is 3.61. The first-order chi connectivity index (χ1) is 15.5. The number of aromatic nitrogens is 2. The van der Waals surface area contributed by atoms with Crippen molar-refractivity contribution in [2.24, 2.45) is 4.99 Å². The summed E-state index contributed by atoms with van der Waals surface area (Å²) in [6.45, 7) is 6.24. The van der Waals surface area contributed by atoms with E-state index in [0.717, 1.165) is 18.2 Å². The van der Waals surface area contributed by atoms with Gasteiger partial charge in [0.25, 0.3) is 5.91 Å². The van der Waals surface area contributed by atoms with E-state index in [4.69, 9.17) is 15.3 Å². The van der Waals surface area contributed by atoms with E-state index in [1.807, 2.05) is 32.9 Å². The van der Waals surface area contributed by atoms with Crippen molar-refractivity contribution in [3.8, 4) is 17.9 Å². The predicted octanol–water partition coefficient (Wildman–Crippen LogP) is 4.99. The van der Waals surface area contributed by atoms with Crippen LogP contribution in [0.2, 0.25) is 0 Å². The lowest BCUT2D eigenvalue weighted by Crippen LogP contribution is -2.19. The summed E-state index contributed by atoms with van der Waals surface area (Å²) >= 11 is 1.17. The highest BCUT2D eigenvalue weighted by Crippen LogP contribution is 2.33. The quantitative estimate of drug-likeness (QED) is 0.496. The average molecular weight is 480 g/mol. The lowest BCUT2D eigenvalue weighted by atomic mass is 9.98. The lowest BCUT2D eigenvalue weighted by Gasteiger charge is -2.12. The molecule has 0 saturated carbocycles. The van der Waals surface area contributed by atoms with Gasteiger partial charge < -0.3 is 4.74 Å². The average Bonchev–Trinajstić information content (AvgIpc) is 3.14. The van der Waals surface area contributed by atoms with Gasteiger partial charge in [-0.2, -0.15) is 33.8 Å². The van der Waals surface area contributed by atoms with Crippen molar-refractivity contribution in [2.75, 3.05) is 6.61 Å². The first kappa shape index (κ1) is 26.1. The van der Waals surface area contributed by atoms with Crippen LogP contribution in [-0.2, 0) is 18.1 Å². The number of benzene rings is 1. The van der Waals surface area contributed by atoms with E-state index in [2.05, 4.69) is 10.1 Å². The molecule has 0 aliphatic rings. The van der Waals surface area contributed by atoms with Gasteiger partial charge in [-0.15, -0.1) is 0 Å². The molecule has 1 heterocycles. The van der Waals surface area contributed by atoms with Crippen molar-refractivity contribution in [1.82, 2.24) is 9.78 Å². The number of unbranched alkanes of at least 4 members (excludes halogenated alkanes) is 2. The fourth-order valence-electron chi connectivity index (χ4n) is 2.63. The van der Waals surface area contributed by atoms with Crippen LogP contribution in [0.4, 0.5) is 13.2 Å². The SMILES string of the molecule is CC(C)(C)c1nn(CCCC#N)/c(=N/C(=O)c2cc(C(F)(F)F)ccc2OCCCC#N)s1. The molecule has 0 unspecified atom stereocenters. The van der Waals surface area contributed by atoms with E-state index in [9.17, 15) is 18.0 Å². The zero-order valence-electron chi connectivity index (χ0n) is 18.6. The Morgan fingerprint density at radius 3 is 2.45 bits per heavy atom. The highest BCUT2D eigenvalue weighted by Gasteiger charge is 2.32. The standard InChI is InChI=1S/C22H24F3N5O2S/c1-21(2,3)19-29-30(12-6-4-10-26)20(33-19)28-18(31)16-14-15(22(23,24)25)8-9-17(16)32-13-7-5-11-27/h8-9,14H,4-7,12-13H2,1-3H3/b28-20-. The van der Waals surface area contributed by atoms with Crippen molar-refractivity contribution in [2.45, 2.75) is 64.6 Å². The van der Waals surface area contributed by atoms with Gasteiger partial charge >= 0.3 is 6.18 Å². The second kappa shape index (κ2) is 11.1. The number of halogens is 3. The van der Waals surface area contributed by atoms with E-state index >= 15 is 0 Å². The van der Waals surface area contributed by atoms with Gasteiger partial charge in [-0.1, -0.05) is 32.1 Å². The minimum Gasteiger partial charge on any atom is -0.493 e. The first-order valence-electron chi connectivity index (χ1n) is 10.2. The molecule has 0 aliphatic heterocycles. The number of nitrogens with zero attached hydrogens (tertiary/aromatic N) is 5. The minimum atomic E-state index is -4.64. The molecule has 1 aromatic carbocycles. The second-order valence-electron chi connectivity index (χ2n) is 8.16. The number of rotatable bonds is 8. The molecule has 0 bridgehead atoms. The van der Waals surface area contributed by atoms with Crippen LogP contribution in [0.1, 0.15) is 67.4 Å². The van der Waals surface area contributed by atoms with Crippen LogP contribution < -0.4 is 9.54 Å². The fraction of sp³-hybridized carbons (Fsp3) is 0.500. The zero-order valence-corrected chi connectivity index (χ0v) is 19.4. The van der Waals surface area contributed by atoms with Gasteiger partial charge in [0.15, 0.2) is 0 Å².